The molecule has 82 valence electrons. The predicted molar refractivity (Wildman–Crippen MR) is 46.9 cm³/mol. The van der Waals surface area contributed by atoms with Crippen LogP contribution in [0.25, 0.3) is 0 Å². The quantitative estimate of drug-likeness (QED) is 0.832. The van der Waals surface area contributed by atoms with E-state index in [0.29, 0.717) is 12.8 Å². The van der Waals surface area contributed by atoms with E-state index < -0.39 is 17.8 Å². The van der Waals surface area contributed by atoms with Gasteiger partial charge in [0.25, 0.3) is 0 Å². The van der Waals surface area contributed by atoms with E-state index in [2.05, 4.69) is 5.10 Å². The van der Waals surface area contributed by atoms with Gasteiger partial charge < -0.3 is 5.11 Å². The first-order valence-electron chi connectivity index (χ1n) is 4.57. The fourth-order valence-electron chi connectivity index (χ4n) is 1.49. The average Bonchev–Trinajstić information content (AvgIpc) is 2.76. The third-order valence-corrected chi connectivity index (χ3v) is 2.71. The van der Waals surface area contributed by atoms with Gasteiger partial charge in [-0.2, -0.15) is 5.10 Å². The molecule has 0 bridgehead atoms. The van der Waals surface area contributed by atoms with Gasteiger partial charge in [-0.25, -0.2) is 13.6 Å². The molecule has 6 heteroatoms. The second-order valence-electron chi connectivity index (χ2n) is 3.89. The molecule has 0 radical (unpaired) electrons. The van der Waals surface area contributed by atoms with Crippen LogP contribution in [0, 0.1) is 5.41 Å². The first-order chi connectivity index (χ1) is 7.03. The van der Waals surface area contributed by atoms with Crippen molar-refractivity contribution in [2.24, 2.45) is 5.41 Å². The van der Waals surface area contributed by atoms with Crippen molar-refractivity contribution in [3.63, 3.8) is 0 Å². The molecule has 0 aliphatic heterocycles. The summed E-state index contributed by atoms with van der Waals surface area (Å²) in [7, 11) is 0. The summed E-state index contributed by atoms with van der Waals surface area (Å²) >= 11 is 0. The smallest absolute Gasteiger partial charge is 0.338 e. The lowest BCUT2D eigenvalue weighted by Gasteiger charge is -2.13. The zero-order valence-electron chi connectivity index (χ0n) is 7.86. The van der Waals surface area contributed by atoms with Crippen molar-refractivity contribution in [3.05, 3.63) is 18.0 Å². The Balaban J connectivity index is 2.08. The van der Waals surface area contributed by atoms with Gasteiger partial charge in [-0.3, -0.25) is 4.68 Å². The highest BCUT2D eigenvalue weighted by Gasteiger charge is 2.51. The van der Waals surface area contributed by atoms with Crippen LogP contribution < -0.4 is 0 Å². The number of hydrogen-bond acceptors (Lipinski definition) is 2. The van der Waals surface area contributed by atoms with Crippen LogP contribution in [0.5, 0.6) is 0 Å². The molecule has 1 aromatic rings. The summed E-state index contributed by atoms with van der Waals surface area (Å²) in [6, 6.07) is 0. The number of aromatic nitrogens is 2. The largest absolute Gasteiger partial charge is 0.478 e. The van der Waals surface area contributed by atoms with Gasteiger partial charge in [0.2, 0.25) is 6.43 Å². The summed E-state index contributed by atoms with van der Waals surface area (Å²) in [4.78, 5) is 10.5. The normalized spacial score (nSPS) is 18.1. The highest BCUT2D eigenvalue weighted by molar-refractivity contribution is 5.86. The van der Waals surface area contributed by atoms with Crippen molar-refractivity contribution in [2.75, 3.05) is 0 Å². The maximum Gasteiger partial charge on any atom is 0.338 e. The molecule has 1 aliphatic carbocycles. The lowest BCUT2D eigenvalue weighted by molar-refractivity contribution is 0.0490. The van der Waals surface area contributed by atoms with Gasteiger partial charge in [0.1, 0.15) is 0 Å². The van der Waals surface area contributed by atoms with Crippen molar-refractivity contribution < 1.29 is 18.7 Å². The maximum absolute atomic E-state index is 12.6. The molecule has 1 aliphatic rings. The van der Waals surface area contributed by atoms with Gasteiger partial charge in [-0.15, -0.1) is 0 Å². The topological polar surface area (TPSA) is 55.1 Å². The molecule has 1 N–H and O–H groups in total. The van der Waals surface area contributed by atoms with Crippen LogP contribution in [0.1, 0.15) is 23.2 Å². The molecule has 1 aromatic heterocycles. The Morgan fingerprint density at radius 1 is 1.67 bits per heavy atom. The minimum Gasteiger partial charge on any atom is -0.478 e. The van der Waals surface area contributed by atoms with E-state index in [4.69, 9.17) is 5.11 Å². The number of alkyl halides is 2. The van der Waals surface area contributed by atoms with Gasteiger partial charge in [0.05, 0.1) is 23.7 Å². The molecule has 0 amide bonds. The summed E-state index contributed by atoms with van der Waals surface area (Å²) in [5.74, 6) is -1.09. The van der Waals surface area contributed by atoms with E-state index >= 15 is 0 Å². The summed E-state index contributed by atoms with van der Waals surface area (Å²) in [6.45, 7) is 0.0952. The SMILES string of the molecule is O=C(O)c1cnn(CC2(C(F)F)CC2)c1. The van der Waals surface area contributed by atoms with Crippen LogP contribution in [0.3, 0.4) is 0 Å². The third-order valence-electron chi connectivity index (χ3n) is 2.71. The molecule has 0 unspecified atom stereocenters. The van der Waals surface area contributed by atoms with Crippen molar-refractivity contribution in [1.29, 1.82) is 0 Å². The zero-order valence-corrected chi connectivity index (χ0v) is 7.86. The number of carbonyl (C=O) groups is 1. The Hall–Kier alpha value is -1.46. The van der Waals surface area contributed by atoms with Gasteiger partial charge in [-0.1, -0.05) is 0 Å². The summed E-state index contributed by atoms with van der Waals surface area (Å²) in [5, 5.41) is 12.4. The second-order valence-corrected chi connectivity index (χ2v) is 3.89. The average molecular weight is 216 g/mol. The zero-order chi connectivity index (χ0) is 11.1. The molecule has 0 aromatic carbocycles. The number of nitrogens with zero attached hydrogens (tertiary/aromatic N) is 2. The second kappa shape index (κ2) is 3.29. The van der Waals surface area contributed by atoms with E-state index in [0.717, 1.165) is 0 Å². The predicted octanol–water partition coefficient (Wildman–Crippen LogP) is 1.63. The first kappa shape index (κ1) is 10.1. The highest BCUT2D eigenvalue weighted by atomic mass is 19.3. The van der Waals surface area contributed by atoms with Gasteiger partial charge >= 0.3 is 5.97 Å². The lowest BCUT2D eigenvalue weighted by Crippen LogP contribution is -2.20. The molecule has 1 fully saturated rings. The summed E-state index contributed by atoms with van der Waals surface area (Å²) in [6.07, 6.45) is 1.05. The third kappa shape index (κ3) is 1.84. The fraction of sp³-hybridized carbons (Fsp3) is 0.556. The van der Waals surface area contributed by atoms with Crippen molar-refractivity contribution in [2.45, 2.75) is 25.8 Å². The lowest BCUT2D eigenvalue weighted by atomic mass is 10.1. The number of rotatable bonds is 4. The highest BCUT2D eigenvalue weighted by Crippen LogP contribution is 2.51. The molecule has 0 spiro atoms. The van der Waals surface area contributed by atoms with Crippen molar-refractivity contribution >= 4 is 5.97 Å². The van der Waals surface area contributed by atoms with Crippen LogP contribution in [-0.4, -0.2) is 27.3 Å². The van der Waals surface area contributed by atoms with E-state index in [1.165, 1.54) is 17.1 Å². The van der Waals surface area contributed by atoms with Crippen LogP contribution in [-0.2, 0) is 6.54 Å². The number of aromatic carboxylic acids is 1. The molecule has 0 saturated heterocycles. The molecule has 2 rings (SSSR count). The first-order valence-corrected chi connectivity index (χ1v) is 4.57. The maximum atomic E-state index is 12.6. The Bertz CT molecular complexity index is 385. The summed E-state index contributed by atoms with van der Waals surface area (Å²) in [5.41, 5.74) is -0.943. The minimum absolute atomic E-state index is 0.0278. The van der Waals surface area contributed by atoms with Crippen LogP contribution in [0.15, 0.2) is 12.4 Å². The van der Waals surface area contributed by atoms with Crippen molar-refractivity contribution in [3.8, 4) is 0 Å². The minimum atomic E-state index is -2.37. The Morgan fingerprint density at radius 2 is 2.33 bits per heavy atom. The number of carboxylic acids is 1. The van der Waals surface area contributed by atoms with Crippen LogP contribution in [0.2, 0.25) is 0 Å². The van der Waals surface area contributed by atoms with E-state index in [1.54, 1.807) is 0 Å². The molecule has 4 nitrogen and oxygen atoms in total. The monoisotopic (exact) mass is 216 g/mol. The van der Waals surface area contributed by atoms with Gasteiger partial charge in [0.15, 0.2) is 0 Å². The molecular formula is C9H10F2N2O2. The van der Waals surface area contributed by atoms with Crippen LogP contribution >= 0.6 is 0 Å². The van der Waals surface area contributed by atoms with Gasteiger partial charge in [0, 0.05) is 6.20 Å². The van der Waals surface area contributed by atoms with E-state index in [9.17, 15) is 13.6 Å². The molecule has 1 saturated carbocycles. The standard InChI is InChI=1S/C9H10F2N2O2/c10-8(11)9(1-2-9)5-13-4-6(3-12-13)7(14)15/h3-4,8H,1-2,5H2,(H,14,15). The van der Waals surface area contributed by atoms with Crippen LogP contribution in [0.4, 0.5) is 8.78 Å². The fourth-order valence-corrected chi connectivity index (χ4v) is 1.49. The number of halogens is 2. The molecular weight excluding hydrogens is 206 g/mol. The van der Waals surface area contributed by atoms with E-state index in [1.807, 2.05) is 0 Å². The Labute approximate surface area is 84.5 Å². The number of hydrogen-bond donors (Lipinski definition) is 1. The Morgan fingerprint density at radius 3 is 2.73 bits per heavy atom. The molecule has 0 atom stereocenters. The van der Waals surface area contributed by atoms with E-state index in [-0.39, 0.29) is 12.1 Å². The number of carboxylic acid groups (broad SMARTS) is 1. The molecule has 1 heterocycles. The van der Waals surface area contributed by atoms with Gasteiger partial charge in [-0.05, 0) is 12.8 Å². The molecule has 15 heavy (non-hydrogen) atoms. The Kier molecular flexibility index (Phi) is 2.21. The summed E-state index contributed by atoms with van der Waals surface area (Å²) < 4.78 is 26.4. The van der Waals surface area contributed by atoms with Crippen molar-refractivity contribution in [1.82, 2.24) is 9.78 Å².